The highest BCUT2D eigenvalue weighted by Gasteiger charge is 2.13. The zero-order valence-corrected chi connectivity index (χ0v) is 13.9. The fourth-order valence-corrected chi connectivity index (χ4v) is 2.74. The molecule has 0 saturated carbocycles. The SMILES string of the molecule is COC(=O)c1cc(NCC(=O)Nc2cccc3nsnc23)ccc1F. The quantitative estimate of drug-likeness (QED) is 0.680. The number of fused-ring (bicyclic) bond motifs is 1. The Morgan fingerprint density at radius 2 is 2.08 bits per heavy atom. The van der Waals surface area contributed by atoms with Crippen molar-refractivity contribution < 1.29 is 18.7 Å². The average molecular weight is 360 g/mol. The minimum absolute atomic E-state index is 0.0692. The lowest BCUT2D eigenvalue weighted by Gasteiger charge is -2.09. The number of halogens is 1. The monoisotopic (exact) mass is 360 g/mol. The Labute approximate surface area is 146 Å². The van der Waals surface area contributed by atoms with Gasteiger partial charge in [-0.3, -0.25) is 4.79 Å². The standard InChI is InChI=1S/C16H13FN4O3S/c1-24-16(23)10-7-9(5-6-11(10)17)18-8-14(22)19-12-3-2-4-13-15(12)21-25-20-13/h2-7,18H,8H2,1H3,(H,19,22). The van der Waals surface area contributed by atoms with Crippen LogP contribution in [0.4, 0.5) is 15.8 Å². The van der Waals surface area contributed by atoms with E-state index in [-0.39, 0.29) is 18.0 Å². The molecule has 1 amide bonds. The molecule has 9 heteroatoms. The van der Waals surface area contributed by atoms with Crippen molar-refractivity contribution in [2.45, 2.75) is 0 Å². The molecule has 0 spiro atoms. The number of ether oxygens (including phenoxy) is 1. The predicted octanol–water partition coefficient (Wildman–Crippen LogP) is 2.67. The van der Waals surface area contributed by atoms with Gasteiger partial charge in [0.1, 0.15) is 16.9 Å². The van der Waals surface area contributed by atoms with Crippen molar-refractivity contribution in [3.8, 4) is 0 Å². The fourth-order valence-electron chi connectivity index (χ4n) is 2.19. The molecule has 0 atom stereocenters. The molecule has 0 aliphatic rings. The fraction of sp³-hybridized carbons (Fsp3) is 0.125. The van der Waals surface area contributed by atoms with E-state index >= 15 is 0 Å². The zero-order valence-electron chi connectivity index (χ0n) is 13.1. The lowest BCUT2D eigenvalue weighted by Crippen LogP contribution is -2.22. The number of methoxy groups -OCH3 is 1. The Balaban J connectivity index is 1.66. The minimum atomic E-state index is -0.784. The number of carbonyl (C=O) groups is 2. The van der Waals surface area contributed by atoms with Crippen molar-refractivity contribution in [1.82, 2.24) is 8.75 Å². The summed E-state index contributed by atoms with van der Waals surface area (Å²) in [6.07, 6.45) is 0. The van der Waals surface area contributed by atoms with Gasteiger partial charge < -0.3 is 15.4 Å². The van der Waals surface area contributed by atoms with Crippen LogP contribution in [0.15, 0.2) is 36.4 Å². The number of hydrogen-bond acceptors (Lipinski definition) is 7. The molecule has 2 N–H and O–H groups in total. The molecule has 0 aliphatic heterocycles. The lowest BCUT2D eigenvalue weighted by atomic mass is 10.2. The summed E-state index contributed by atoms with van der Waals surface area (Å²) in [6.45, 7) is -0.0692. The third-order valence-corrected chi connectivity index (χ3v) is 3.93. The van der Waals surface area contributed by atoms with Crippen LogP contribution in [0.1, 0.15) is 10.4 Å². The van der Waals surface area contributed by atoms with Crippen LogP contribution in [0.3, 0.4) is 0 Å². The first-order valence-corrected chi connectivity index (χ1v) is 7.94. The van der Waals surface area contributed by atoms with Gasteiger partial charge in [-0.2, -0.15) is 8.75 Å². The molecule has 0 radical (unpaired) electrons. The van der Waals surface area contributed by atoms with E-state index in [4.69, 9.17) is 0 Å². The first-order chi connectivity index (χ1) is 12.1. The molecule has 3 rings (SSSR count). The molecule has 1 heterocycles. The van der Waals surface area contributed by atoms with E-state index in [2.05, 4.69) is 24.1 Å². The molecule has 1 aromatic heterocycles. The number of anilines is 2. The number of amides is 1. The van der Waals surface area contributed by atoms with E-state index in [1.807, 2.05) is 0 Å². The molecule has 2 aromatic carbocycles. The van der Waals surface area contributed by atoms with Crippen LogP contribution in [0.25, 0.3) is 11.0 Å². The number of benzene rings is 2. The maximum absolute atomic E-state index is 13.6. The minimum Gasteiger partial charge on any atom is -0.465 e. The normalized spacial score (nSPS) is 10.5. The molecule has 7 nitrogen and oxygen atoms in total. The van der Waals surface area contributed by atoms with Crippen molar-refractivity contribution in [3.63, 3.8) is 0 Å². The van der Waals surface area contributed by atoms with Crippen LogP contribution in [-0.4, -0.2) is 34.3 Å². The Morgan fingerprint density at radius 3 is 2.88 bits per heavy atom. The van der Waals surface area contributed by atoms with Crippen molar-refractivity contribution in [2.75, 3.05) is 24.3 Å². The Hall–Kier alpha value is -3.07. The first kappa shape index (κ1) is 16.8. The van der Waals surface area contributed by atoms with Gasteiger partial charge in [0.25, 0.3) is 0 Å². The summed E-state index contributed by atoms with van der Waals surface area (Å²) < 4.78 is 26.4. The van der Waals surface area contributed by atoms with Crippen LogP contribution >= 0.6 is 11.7 Å². The number of rotatable bonds is 5. The third-order valence-electron chi connectivity index (χ3n) is 3.38. The molecule has 25 heavy (non-hydrogen) atoms. The molecule has 3 aromatic rings. The predicted molar refractivity (Wildman–Crippen MR) is 92.3 cm³/mol. The Kier molecular flexibility index (Phi) is 4.85. The molecule has 128 valence electrons. The van der Waals surface area contributed by atoms with Gasteiger partial charge in [0, 0.05) is 5.69 Å². The molecule has 0 bridgehead atoms. The van der Waals surface area contributed by atoms with Gasteiger partial charge in [-0.1, -0.05) is 6.07 Å². The summed E-state index contributed by atoms with van der Waals surface area (Å²) in [6, 6.07) is 9.16. The maximum Gasteiger partial charge on any atom is 0.340 e. The maximum atomic E-state index is 13.6. The van der Waals surface area contributed by atoms with Crippen molar-refractivity contribution in [1.29, 1.82) is 0 Å². The van der Waals surface area contributed by atoms with Crippen molar-refractivity contribution in [2.24, 2.45) is 0 Å². The number of aromatic nitrogens is 2. The summed E-state index contributed by atoms with van der Waals surface area (Å²) >= 11 is 1.07. The summed E-state index contributed by atoms with van der Waals surface area (Å²) in [5.41, 5.74) is 2.11. The second kappa shape index (κ2) is 7.22. The number of nitrogens with zero attached hydrogens (tertiary/aromatic N) is 2. The molecule has 0 fully saturated rings. The molecule has 0 saturated heterocycles. The smallest absolute Gasteiger partial charge is 0.340 e. The van der Waals surface area contributed by atoms with Crippen molar-refractivity contribution >= 4 is 46.0 Å². The highest BCUT2D eigenvalue weighted by molar-refractivity contribution is 7.00. The lowest BCUT2D eigenvalue weighted by molar-refractivity contribution is -0.114. The van der Waals surface area contributed by atoms with Crippen LogP contribution in [-0.2, 0) is 9.53 Å². The van der Waals surface area contributed by atoms with Gasteiger partial charge in [0.15, 0.2) is 0 Å². The van der Waals surface area contributed by atoms with Gasteiger partial charge in [0.05, 0.1) is 36.6 Å². The molecule has 0 aliphatic carbocycles. The summed E-state index contributed by atoms with van der Waals surface area (Å²) in [5.74, 6) is -1.79. The number of carbonyl (C=O) groups excluding carboxylic acids is 2. The Morgan fingerprint density at radius 1 is 1.24 bits per heavy atom. The Bertz CT molecular complexity index is 944. The van der Waals surface area contributed by atoms with Crippen LogP contribution < -0.4 is 10.6 Å². The highest BCUT2D eigenvalue weighted by Crippen LogP contribution is 2.21. The van der Waals surface area contributed by atoms with E-state index < -0.39 is 11.8 Å². The van der Waals surface area contributed by atoms with Gasteiger partial charge in [-0.15, -0.1) is 0 Å². The average Bonchev–Trinajstić information content (AvgIpc) is 3.10. The number of nitrogens with one attached hydrogen (secondary N) is 2. The van der Waals surface area contributed by atoms with Crippen LogP contribution in [0, 0.1) is 5.82 Å². The van der Waals surface area contributed by atoms with E-state index in [1.165, 1.54) is 19.2 Å². The van der Waals surface area contributed by atoms with Gasteiger partial charge in [-0.05, 0) is 30.3 Å². The van der Waals surface area contributed by atoms with Crippen LogP contribution in [0.5, 0.6) is 0 Å². The highest BCUT2D eigenvalue weighted by atomic mass is 32.1. The largest absolute Gasteiger partial charge is 0.465 e. The van der Waals surface area contributed by atoms with Gasteiger partial charge in [0.2, 0.25) is 5.91 Å². The first-order valence-electron chi connectivity index (χ1n) is 7.21. The van der Waals surface area contributed by atoms with E-state index in [1.54, 1.807) is 18.2 Å². The summed E-state index contributed by atoms with van der Waals surface area (Å²) in [5, 5.41) is 5.57. The number of hydrogen-bond donors (Lipinski definition) is 2. The van der Waals surface area contributed by atoms with E-state index in [0.717, 1.165) is 17.8 Å². The van der Waals surface area contributed by atoms with E-state index in [0.29, 0.717) is 22.4 Å². The van der Waals surface area contributed by atoms with E-state index in [9.17, 15) is 14.0 Å². The summed E-state index contributed by atoms with van der Waals surface area (Å²) in [7, 11) is 1.17. The third kappa shape index (κ3) is 3.72. The number of esters is 1. The molecule has 0 unspecified atom stereocenters. The van der Waals surface area contributed by atoms with Crippen molar-refractivity contribution in [3.05, 3.63) is 47.8 Å². The second-order valence-corrected chi connectivity index (χ2v) is 5.55. The topological polar surface area (TPSA) is 93.2 Å². The summed E-state index contributed by atoms with van der Waals surface area (Å²) in [4.78, 5) is 23.6. The van der Waals surface area contributed by atoms with Gasteiger partial charge in [-0.25, -0.2) is 9.18 Å². The zero-order chi connectivity index (χ0) is 17.8. The van der Waals surface area contributed by atoms with Crippen LogP contribution in [0.2, 0.25) is 0 Å². The second-order valence-electron chi connectivity index (χ2n) is 5.03. The van der Waals surface area contributed by atoms with Gasteiger partial charge >= 0.3 is 5.97 Å². The molecular weight excluding hydrogens is 347 g/mol. The molecular formula is C16H13FN4O3S.